The maximum atomic E-state index is 11.7. The summed E-state index contributed by atoms with van der Waals surface area (Å²) < 4.78 is 0. The Morgan fingerprint density at radius 1 is 1.42 bits per heavy atom. The molecule has 2 fully saturated rings. The molecule has 2 heterocycles. The highest BCUT2D eigenvalue weighted by Crippen LogP contribution is 2.20. The lowest BCUT2D eigenvalue weighted by Gasteiger charge is -2.27. The van der Waals surface area contributed by atoms with Crippen LogP contribution >= 0.6 is 0 Å². The van der Waals surface area contributed by atoms with Gasteiger partial charge >= 0.3 is 0 Å². The van der Waals surface area contributed by atoms with E-state index in [1.807, 2.05) is 0 Å². The molecule has 1 N–H and O–H groups in total. The average Bonchev–Trinajstić information content (AvgIpc) is 2.31. The van der Waals surface area contributed by atoms with Gasteiger partial charge in [0.15, 0.2) is 0 Å². The van der Waals surface area contributed by atoms with E-state index in [0.29, 0.717) is 17.6 Å². The summed E-state index contributed by atoms with van der Waals surface area (Å²) in [6.07, 6.45) is 1.08. The minimum absolute atomic E-state index is 0.335. The Balaban J connectivity index is 1.87. The quantitative estimate of drug-likeness (QED) is 0.616. The molecule has 0 amide bonds. The van der Waals surface area contributed by atoms with Crippen LogP contribution in [0.5, 0.6) is 0 Å². The molecule has 2 aliphatic heterocycles. The van der Waals surface area contributed by atoms with Gasteiger partial charge in [0.2, 0.25) is 0 Å². The van der Waals surface area contributed by atoms with Gasteiger partial charge in [-0.25, -0.2) is 0 Å². The molecule has 12 heavy (non-hydrogen) atoms. The summed E-state index contributed by atoms with van der Waals surface area (Å²) >= 11 is 0. The van der Waals surface area contributed by atoms with Gasteiger partial charge in [0.05, 0.1) is 0 Å². The summed E-state index contributed by atoms with van der Waals surface area (Å²) in [5.41, 5.74) is 0. The molecule has 0 aromatic heterocycles. The molecule has 0 spiro atoms. The fourth-order valence-electron chi connectivity index (χ4n) is 1.99. The third kappa shape index (κ3) is 1.39. The van der Waals surface area contributed by atoms with Gasteiger partial charge < -0.3 is 10.2 Å². The smallest absolute Gasteiger partial charge is 0.142 e. The minimum atomic E-state index is 0.335. The first kappa shape index (κ1) is 8.20. The number of likely N-dealkylation sites (tertiary alicyclic amines) is 1. The number of carbonyl (C=O) groups is 1. The fourth-order valence-corrected chi connectivity index (χ4v) is 1.99. The van der Waals surface area contributed by atoms with Crippen LogP contribution in [-0.2, 0) is 4.79 Å². The van der Waals surface area contributed by atoms with Crippen LogP contribution in [0.1, 0.15) is 6.42 Å². The molecular formula is C9H16N2O. The average molecular weight is 168 g/mol. The third-order valence-electron chi connectivity index (χ3n) is 2.98. The fraction of sp³-hybridized carbons (Fsp3) is 0.889. The largest absolute Gasteiger partial charge is 0.315 e. The number of carbonyl (C=O) groups excluding carboxylic acids is 1. The summed E-state index contributed by atoms with van der Waals surface area (Å²) in [5, 5.41) is 3.14. The Morgan fingerprint density at radius 3 is 2.58 bits per heavy atom. The second kappa shape index (κ2) is 3.15. The van der Waals surface area contributed by atoms with Crippen LogP contribution in [0.4, 0.5) is 0 Å². The van der Waals surface area contributed by atoms with Gasteiger partial charge in [0.1, 0.15) is 5.78 Å². The number of rotatable bonds is 2. The van der Waals surface area contributed by atoms with Crippen LogP contribution < -0.4 is 5.32 Å². The number of hydrogen-bond donors (Lipinski definition) is 1. The highest BCUT2D eigenvalue weighted by molar-refractivity contribution is 5.85. The minimum Gasteiger partial charge on any atom is -0.315 e. The van der Waals surface area contributed by atoms with E-state index in [1.165, 1.54) is 0 Å². The first-order chi connectivity index (χ1) is 5.77. The molecule has 2 aliphatic rings. The maximum Gasteiger partial charge on any atom is 0.142 e. The molecule has 68 valence electrons. The van der Waals surface area contributed by atoms with E-state index in [9.17, 15) is 4.79 Å². The second-order valence-electron chi connectivity index (χ2n) is 4.01. The van der Waals surface area contributed by atoms with Crippen molar-refractivity contribution in [3.63, 3.8) is 0 Å². The van der Waals surface area contributed by atoms with Gasteiger partial charge in [0.25, 0.3) is 0 Å². The Bertz CT molecular complexity index is 189. The van der Waals surface area contributed by atoms with E-state index < -0.39 is 0 Å². The molecule has 0 aliphatic carbocycles. The predicted molar refractivity (Wildman–Crippen MR) is 47.0 cm³/mol. The molecule has 0 aromatic rings. The van der Waals surface area contributed by atoms with Crippen LogP contribution in [0.3, 0.4) is 0 Å². The van der Waals surface area contributed by atoms with E-state index in [-0.39, 0.29) is 0 Å². The van der Waals surface area contributed by atoms with Gasteiger partial charge in [-0.1, -0.05) is 0 Å². The number of hydrogen-bond acceptors (Lipinski definition) is 3. The van der Waals surface area contributed by atoms with E-state index in [0.717, 1.165) is 32.6 Å². The van der Waals surface area contributed by atoms with Crippen LogP contribution in [0, 0.1) is 11.8 Å². The summed E-state index contributed by atoms with van der Waals surface area (Å²) in [4.78, 5) is 14.0. The zero-order valence-corrected chi connectivity index (χ0v) is 7.55. The lowest BCUT2D eigenvalue weighted by molar-refractivity contribution is -0.127. The lowest BCUT2D eigenvalue weighted by Crippen LogP contribution is -2.48. The van der Waals surface area contributed by atoms with Crippen LogP contribution in [-0.4, -0.2) is 43.9 Å². The van der Waals surface area contributed by atoms with Crippen molar-refractivity contribution in [2.24, 2.45) is 11.8 Å². The van der Waals surface area contributed by atoms with E-state index in [2.05, 4.69) is 17.3 Å². The van der Waals surface area contributed by atoms with Crippen molar-refractivity contribution in [2.75, 3.05) is 33.2 Å². The summed E-state index contributed by atoms with van der Waals surface area (Å²) in [5.74, 6) is 1.17. The summed E-state index contributed by atoms with van der Waals surface area (Å²) in [6, 6.07) is 0. The van der Waals surface area contributed by atoms with Gasteiger partial charge in [-0.3, -0.25) is 4.79 Å². The van der Waals surface area contributed by atoms with Crippen molar-refractivity contribution in [1.29, 1.82) is 0 Å². The number of ketones is 1. The molecule has 0 bridgehead atoms. The van der Waals surface area contributed by atoms with E-state index in [1.54, 1.807) is 0 Å². The first-order valence-corrected chi connectivity index (χ1v) is 4.70. The Kier molecular flexibility index (Phi) is 2.15. The van der Waals surface area contributed by atoms with Crippen LogP contribution in [0.15, 0.2) is 0 Å². The summed E-state index contributed by atoms with van der Waals surface area (Å²) in [6.45, 7) is 3.91. The van der Waals surface area contributed by atoms with E-state index >= 15 is 0 Å². The van der Waals surface area contributed by atoms with Crippen molar-refractivity contribution >= 4 is 5.78 Å². The molecule has 2 rings (SSSR count). The van der Waals surface area contributed by atoms with Crippen LogP contribution in [0.25, 0.3) is 0 Å². The van der Waals surface area contributed by atoms with Crippen molar-refractivity contribution in [1.82, 2.24) is 10.2 Å². The maximum absolute atomic E-state index is 11.7. The lowest BCUT2D eigenvalue weighted by atomic mass is 9.88. The topological polar surface area (TPSA) is 32.3 Å². The molecule has 0 aromatic carbocycles. The second-order valence-corrected chi connectivity index (χ2v) is 4.01. The number of Topliss-reactive ketones (excluding diaryl/α,β-unsaturated/α-hetero) is 1. The van der Waals surface area contributed by atoms with Crippen molar-refractivity contribution < 1.29 is 4.79 Å². The van der Waals surface area contributed by atoms with Gasteiger partial charge in [-0.2, -0.15) is 0 Å². The molecule has 0 saturated carbocycles. The van der Waals surface area contributed by atoms with E-state index in [4.69, 9.17) is 0 Å². The van der Waals surface area contributed by atoms with Crippen molar-refractivity contribution in [3.05, 3.63) is 0 Å². The normalized spacial score (nSPS) is 31.9. The van der Waals surface area contributed by atoms with Gasteiger partial charge in [-0.15, -0.1) is 0 Å². The summed E-state index contributed by atoms with van der Waals surface area (Å²) in [7, 11) is 2.09. The van der Waals surface area contributed by atoms with Crippen molar-refractivity contribution in [3.8, 4) is 0 Å². The zero-order valence-electron chi connectivity index (χ0n) is 7.55. The molecule has 2 saturated heterocycles. The Morgan fingerprint density at radius 2 is 2.17 bits per heavy atom. The number of nitrogens with zero attached hydrogens (tertiary/aromatic N) is 1. The Hall–Kier alpha value is -0.410. The van der Waals surface area contributed by atoms with Crippen molar-refractivity contribution in [2.45, 2.75) is 6.42 Å². The molecule has 0 radical (unpaired) electrons. The SMILES string of the molecule is CN1CCC(C(=O)C2CNC2)C1. The molecule has 1 atom stereocenters. The molecule has 1 unspecified atom stereocenters. The monoisotopic (exact) mass is 168 g/mol. The highest BCUT2D eigenvalue weighted by Gasteiger charge is 2.33. The molecule has 3 heteroatoms. The third-order valence-corrected chi connectivity index (χ3v) is 2.98. The van der Waals surface area contributed by atoms with Gasteiger partial charge in [0, 0.05) is 31.5 Å². The van der Waals surface area contributed by atoms with Crippen LogP contribution in [0.2, 0.25) is 0 Å². The highest BCUT2D eigenvalue weighted by atomic mass is 16.1. The molecular weight excluding hydrogens is 152 g/mol. The molecule has 3 nitrogen and oxygen atoms in total. The first-order valence-electron chi connectivity index (χ1n) is 4.70. The zero-order chi connectivity index (χ0) is 8.55. The number of nitrogens with one attached hydrogen (secondary N) is 1. The standard InChI is InChI=1S/C9H16N2O/c1-11-3-2-7(6-11)9(12)8-4-10-5-8/h7-8,10H,2-6H2,1H3. The predicted octanol–water partition coefficient (Wildman–Crippen LogP) is -0.273. The Labute approximate surface area is 73.1 Å². The van der Waals surface area contributed by atoms with Gasteiger partial charge in [-0.05, 0) is 20.0 Å².